The van der Waals surface area contributed by atoms with Crippen LogP contribution < -0.4 is 0 Å². The summed E-state index contributed by atoms with van der Waals surface area (Å²) in [5.74, 6) is -1.04. The number of nitrogens with zero attached hydrogens (tertiary/aromatic N) is 2. The number of hydrogen-bond acceptors (Lipinski definition) is 5. The summed E-state index contributed by atoms with van der Waals surface area (Å²) in [6.45, 7) is 0.329. The van der Waals surface area contributed by atoms with Crippen LogP contribution in [0.1, 0.15) is 18.4 Å². The maximum Gasteiger partial charge on any atom is 0.303 e. The highest BCUT2D eigenvalue weighted by Gasteiger charge is 2.31. The normalized spacial score (nSPS) is 16.3. The minimum absolute atomic E-state index is 0.0216. The Morgan fingerprint density at radius 1 is 1.38 bits per heavy atom. The van der Waals surface area contributed by atoms with E-state index in [2.05, 4.69) is 4.98 Å². The van der Waals surface area contributed by atoms with Crippen LogP contribution in [0.5, 0.6) is 0 Å². The van der Waals surface area contributed by atoms with Gasteiger partial charge in [0.05, 0.1) is 10.4 Å². The standard InChI is InChI=1S/C17H14N2O3S2/c20-15(21)4-2-8-19-16(22)14(24-17(19)23)10-11-5-6-13-12(9-11)3-1-7-18-13/h1,3,5-7,9-10H,2,4,8H2,(H,20,21). The van der Waals surface area contributed by atoms with Crippen LogP contribution in [0.3, 0.4) is 0 Å². The monoisotopic (exact) mass is 358 g/mol. The predicted molar refractivity (Wildman–Crippen MR) is 98.5 cm³/mol. The molecule has 0 atom stereocenters. The number of carbonyl (C=O) groups excluding carboxylic acids is 1. The molecule has 1 saturated heterocycles. The van der Waals surface area contributed by atoms with Crippen LogP contribution >= 0.6 is 24.0 Å². The molecule has 122 valence electrons. The van der Waals surface area contributed by atoms with E-state index in [9.17, 15) is 9.59 Å². The number of thiocarbonyl (C=S) groups is 1. The topological polar surface area (TPSA) is 70.5 Å². The molecule has 0 spiro atoms. The molecule has 1 amide bonds. The van der Waals surface area contributed by atoms with E-state index in [4.69, 9.17) is 17.3 Å². The Labute approximate surface area is 148 Å². The molecule has 2 aromatic rings. The van der Waals surface area contributed by atoms with Crippen molar-refractivity contribution in [3.63, 3.8) is 0 Å². The summed E-state index contributed by atoms with van der Waals surface area (Å²) >= 11 is 6.48. The van der Waals surface area contributed by atoms with Crippen molar-refractivity contribution in [1.82, 2.24) is 9.88 Å². The van der Waals surface area contributed by atoms with Crippen molar-refractivity contribution in [3.05, 3.63) is 47.0 Å². The number of aromatic nitrogens is 1. The molecule has 1 aromatic heterocycles. The van der Waals surface area contributed by atoms with Crippen LogP contribution in [0.4, 0.5) is 0 Å². The van der Waals surface area contributed by atoms with Gasteiger partial charge in [0.1, 0.15) is 4.32 Å². The van der Waals surface area contributed by atoms with Gasteiger partial charge in [0.2, 0.25) is 0 Å². The fourth-order valence-electron chi connectivity index (χ4n) is 2.42. The Bertz CT molecular complexity index is 864. The van der Waals surface area contributed by atoms with Crippen LogP contribution in [0.15, 0.2) is 41.4 Å². The molecular formula is C17H14N2O3S2. The van der Waals surface area contributed by atoms with Gasteiger partial charge in [-0.25, -0.2) is 0 Å². The fraction of sp³-hybridized carbons (Fsp3) is 0.176. The smallest absolute Gasteiger partial charge is 0.303 e. The second kappa shape index (κ2) is 7.11. The van der Waals surface area contributed by atoms with E-state index < -0.39 is 5.97 Å². The molecule has 1 aliphatic heterocycles. The molecule has 3 rings (SSSR count). The van der Waals surface area contributed by atoms with Gasteiger partial charge in [0, 0.05) is 24.5 Å². The lowest BCUT2D eigenvalue weighted by atomic mass is 10.1. The van der Waals surface area contributed by atoms with E-state index >= 15 is 0 Å². The van der Waals surface area contributed by atoms with Gasteiger partial charge in [-0.15, -0.1) is 0 Å². The Hall–Kier alpha value is -2.25. The van der Waals surface area contributed by atoms with E-state index in [1.807, 2.05) is 36.4 Å². The number of carbonyl (C=O) groups is 2. The van der Waals surface area contributed by atoms with E-state index in [0.717, 1.165) is 16.5 Å². The molecule has 1 fully saturated rings. The van der Waals surface area contributed by atoms with E-state index in [-0.39, 0.29) is 12.3 Å². The first-order valence-electron chi connectivity index (χ1n) is 7.36. The van der Waals surface area contributed by atoms with E-state index in [1.165, 1.54) is 16.7 Å². The van der Waals surface area contributed by atoms with Gasteiger partial charge < -0.3 is 5.11 Å². The molecule has 24 heavy (non-hydrogen) atoms. The molecule has 0 saturated carbocycles. The van der Waals surface area contributed by atoms with Gasteiger partial charge in [-0.05, 0) is 36.3 Å². The average Bonchev–Trinajstić information content (AvgIpc) is 2.82. The van der Waals surface area contributed by atoms with Gasteiger partial charge in [0.25, 0.3) is 5.91 Å². The first-order valence-corrected chi connectivity index (χ1v) is 8.59. The van der Waals surface area contributed by atoms with Crippen molar-refractivity contribution < 1.29 is 14.7 Å². The van der Waals surface area contributed by atoms with Crippen molar-refractivity contribution in [2.45, 2.75) is 12.8 Å². The number of pyridine rings is 1. The van der Waals surface area contributed by atoms with Gasteiger partial charge >= 0.3 is 5.97 Å². The molecule has 0 aliphatic carbocycles. The number of carboxylic acid groups (broad SMARTS) is 1. The second-order valence-corrected chi connectivity index (χ2v) is 6.96. The summed E-state index contributed by atoms with van der Waals surface area (Å²) in [6.07, 6.45) is 3.96. The van der Waals surface area contributed by atoms with Crippen molar-refractivity contribution in [1.29, 1.82) is 0 Å². The SMILES string of the molecule is O=C(O)CCCN1C(=O)C(=Cc2ccc3ncccc3c2)SC1=S. The maximum atomic E-state index is 12.4. The molecule has 2 heterocycles. The third-order valence-electron chi connectivity index (χ3n) is 3.57. The van der Waals surface area contributed by atoms with Gasteiger partial charge in [-0.1, -0.05) is 36.1 Å². The Morgan fingerprint density at radius 2 is 2.21 bits per heavy atom. The van der Waals surface area contributed by atoms with E-state index in [1.54, 1.807) is 6.20 Å². The van der Waals surface area contributed by atoms with Crippen LogP contribution in [0.25, 0.3) is 17.0 Å². The number of amides is 1. The van der Waals surface area contributed by atoms with Crippen LogP contribution in [0.2, 0.25) is 0 Å². The zero-order chi connectivity index (χ0) is 17.1. The molecule has 5 nitrogen and oxygen atoms in total. The zero-order valence-electron chi connectivity index (χ0n) is 12.6. The molecule has 1 aliphatic rings. The quantitative estimate of drug-likeness (QED) is 0.653. The highest BCUT2D eigenvalue weighted by atomic mass is 32.2. The number of rotatable bonds is 5. The lowest BCUT2D eigenvalue weighted by Crippen LogP contribution is -2.29. The number of hydrogen-bond donors (Lipinski definition) is 1. The van der Waals surface area contributed by atoms with Crippen molar-refractivity contribution in [2.75, 3.05) is 6.54 Å². The third kappa shape index (κ3) is 3.63. The fourth-order valence-corrected chi connectivity index (χ4v) is 3.72. The summed E-state index contributed by atoms with van der Waals surface area (Å²) in [5, 5.41) is 9.70. The summed E-state index contributed by atoms with van der Waals surface area (Å²) in [7, 11) is 0. The number of benzene rings is 1. The highest BCUT2D eigenvalue weighted by molar-refractivity contribution is 8.26. The summed E-state index contributed by atoms with van der Waals surface area (Å²) in [5.41, 5.74) is 1.80. The van der Waals surface area contributed by atoms with Crippen molar-refractivity contribution in [2.24, 2.45) is 0 Å². The first kappa shape index (κ1) is 16.6. The lowest BCUT2D eigenvalue weighted by Gasteiger charge is -2.13. The summed E-state index contributed by atoms with van der Waals surface area (Å²) < 4.78 is 0.471. The summed E-state index contributed by atoms with van der Waals surface area (Å²) in [6, 6.07) is 9.63. The Balaban J connectivity index is 1.78. The maximum absolute atomic E-state index is 12.4. The Kier molecular flexibility index (Phi) is 4.92. The minimum Gasteiger partial charge on any atom is -0.481 e. The third-order valence-corrected chi connectivity index (χ3v) is 4.95. The molecule has 1 aromatic carbocycles. The number of carboxylic acids is 1. The van der Waals surface area contributed by atoms with Gasteiger partial charge in [-0.3, -0.25) is 19.5 Å². The van der Waals surface area contributed by atoms with Crippen LogP contribution in [0, 0.1) is 0 Å². The molecule has 0 bridgehead atoms. The number of aliphatic carboxylic acids is 1. The largest absolute Gasteiger partial charge is 0.481 e. The highest BCUT2D eigenvalue weighted by Crippen LogP contribution is 2.33. The van der Waals surface area contributed by atoms with Crippen molar-refractivity contribution >= 4 is 57.2 Å². The number of thioether (sulfide) groups is 1. The number of fused-ring (bicyclic) bond motifs is 1. The van der Waals surface area contributed by atoms with Crippen LogP contribution in [-0.4, -0.2) is 37.7 Å². The van der Waals surface area contributed by atoms with Crippen LogP contribution in [-0.2, 0) is 9.59 Å². The second-order valence-electron chi connectivity index (χ2n) is 5.29. The van der Waals surface area contributed by atoms with Gasteiger partial charge in [-0.2, -0.15) is 0 Å². The first-order chi connectivity index (χ1) is 11.5. The Morgan fingerprint density at radius 3 is 3.00 bits per heavy atom. The molecule has 0 unspecified atom stereocenters. The molecular weight excluding hydrogens is 344 g/mol. The zero-order valence-corrected chi connectivity index (χ0v) is 14.3. The van der Waals surface area contributed by atoms with Gasteiger partial charge in [0.15, 0.2) is 0 Å². The molecule has 7 heteroatoms. The molecule has 1 N–H and O–H groups in total. The summed E-state index contributed by atoms with van der Waals surface area (Å²) in [4.78, 5) is 29.3. The predicted octanol–water partition coefficient (Wildman–Crippen LogP) is 3.30. The van der Waals surface area contributed by atoms with Crippen molar-refractivity contribution in [3.8, 4) is 0 Å². The lowest BCUT2D eigenvalue weighted by molar-refractivity contribution is -0.137. The minimum atomic E-state index is -0.874. The van der Waals surface area contributed by atoms with E-state index in [0.29, 0.717) is 22.2 Å². The average molecular weight is 358 g/mol. The molecule has 0 radical (unpaired) electrons.